The van der Waals surface area contributed by atoms with E-state index in [4.69, 9.17) is 21.1 Å². The van der Waals surface area contributed by atoms with Gasteiger partial charge in [-0.15, -0.1) is 0 Å². The summed E-state index contributed by atoms with van der Waals surface area (Å²) in [5, 5.41) is 3.46. The first kappa shape index (κ1) is 11.9. The molecule has 0 aromatic rings. The van der Waals surface area contributed by atoms with Crippen LogP contribution < -0.4 is 0 Å². The summed E-state index contributed by atoms with van der Waals surface area (Å²) in [6, 6.07) is 6.05. The van der Waals surface area contributed by atoms with Crippen molar-refractivity contribution in [2.75, 3.05) is 20.0 Å². The molecular formula is C13H17ClO2. The van der Waals surface area contributed by atoms with Gasteiger partial charge in [0.1, 0.15) is 6.79 Å². The van der Waals surface area contributed by atoms with Gasteiger partial charge in [0, 0.05) is 16.2 Å². The molecule has 16 heavy (non-hydrogen) atoms. The standard InChI is InChI=1S/C7H14O2.C6H3Cl/c1-2-3-7-4-8-6-9-5-7;7-6-3-4-1-2-5(4)6/h7H,2-6H2,1H3;1-3H. The van der Waals surface area contributed by atoms with Gasteiger partial charge in [-0.05, 0) is 17.7 Å². The SMILES string of the molecule is CCCC1COCOC1.Clc1cc2ccc1=2. The molecule has 1 fully saturated rings. The van der Waals surface area contributed by atoms with Gasteiger partial charge in [0.05, 0.1) is 13.2 Å². The lowest BCUT2D eigenvalue weighted by Gasteiger charge is -2.21. The van der Waals surface area contributed by atoms with E-state index in [1.165, 1.54) is 23.3 Å². The highest BCUT2D eigenvalue weighted by atomic mass is 35.5. The van der Waals surface area contributed by atoms with Crippen molar-refractivity contribution in [3.8, 4) is 0 Å². The summed E-state index contributed by atoms with van der Waals surface area (Å²) in [7, 11) is 0. The molecular weight excluding hydrogens is 224 g/mol. The van der Waals surface area contributed by atoms with Crippen molar-refractivity contribution in [3.63, 3.8) is 0 Å². The third-order valence-corrected chi connectivity index (χ3v) is 3.16. The smallest absolute Gasteiger partial charge is 0.146 e. The molecule has 3 heteroatoms. The Morgan fingerprint density at radius 1 is 1.31 bits per heavy atom. The number of ether oxygens (including phenoxy) is 2. The molecule has 0 spiro atoms. The third-order valence-electron chi connectivity index (χ3n) is 2.85. The van der Waals surface area contributed by atoms with Crippen LogP contribution in [0.5, 0.6) is 0 Å². The summed E-state index contributed by atoms with van der Waals surface area (Å²) in [6.45, 7) is 4.48. The largest absolute Gasteiger partial charge is 0.355 e. The van der Waals surface area contributed by atoms with E-state index in [0.29, 0.717) is 12.7 Å². The fourth-order valence-electron chi connectivity index (χ4n) is 1.85. The molecule has 0 unspecified atom stereocenters. The Morgan fingerprint density at radius 2 is 2.06 bits per heavy atom. The molecule has 0 N–H and O–H groups in total. The summed E-state index contributed by atoms with van der Waals surface area (Å²) in [6.07, 6.45) is 2.47. The van der Waals surface area contributed by atoms with Crippen LogP contribution in [0.15, 0.2) is 18.2 Å². The van der Waals surface area contributed by atoms with Crippen LogP contribution in [-0.4, -0.2) is 20.0 Å². The second kappa shape index (κ2) is 5.67. The van der Waals surface area contributed by atoms with E-state index in [1.54, 1.807) is 0 Å². The highest BCUT2D eigenvalue weighted by molar-refractivity contribution is 6.31. The molecule has 0 atom stereocenters. The van der Waals surface area contributed by atoms with Crippen LogP contribution >= 0.6 is 11.6 Å². The minimum Gasteiger partial charge on any atom is -0.355 e. The van der Waals surface area contributed by atoms with Crippen LogP contribution in [0.2, 0.25) is 5.02 Å². The van der Waals surface area contributed by atoms with E-state index in [-0.39, 0.29) is 0 Å². The summed E-state index contributed by atoms with van der Waals surface area (Å²) in [5.41, 5.74) is 0. The second-order valence-electron chi connectivity index (χ2n) is 4.21. The highest BCUT2D eigenvalue weighted by Crippen LogP contribution is 2.20. The summed E-state index contributed by atoms with van der Waals surface area (Å²) in [4.78, 5) is 0. The van der Waals surface area contributed by atoms with E-state index in [0.717, 1.165) is 18.2 Å². The van der Waals surface area contributed by atoms with E-state index in [1.807, 2.05) is 12.1 Å². The summed E-state index contributed by atoms with van der Waals surface area (Å²) < 4.78 is 10.2. The van der Waals surface area contributed by atoms with Crippen LogP contribution in [-0.2, 0) is 9.47 Å². The molecule has 0 radical (unpaired) electrons. The van der Waals surface area contributed by atoms with Gasteiger partial charge in [-0.2, -0.15) is 0 Å². The van der Waals surface area contributed by atoms with Gasteiger partial charge in [0.25, 0.3) is 0 Å². The molecule has 88 valence electrons. The lowest BCUT2D eigenvalue weighted by molar-refractivity contribution is -0.127. The fraction of sp³-hybridized carbons (Fsp3) is 0.538. The number of halogens is 1. The predicted molar refractivity (Wildman–Crippen MR) is 64.3 cm³/mol. The minimum atomic E-state index is 0.500. The zero-order chi connectivity index (χ0) is 11.4. The van der Waals surface area contributed by atoms with Crippen molar-refractivity contribution in [1.29, 1.82) is 0 Å². The quantitative estimate of drug-likeness (QED) is 0.802. The predicted octanol–water partition coefficient (Wildman–Crippen LogP) is 3.35. The van der Waals surface area contributed by atoms with E-state index < -0.39 is 0 Å². The molecule has 1 aliphatic heterocycles. The maximum Gasteiger partial charge on any atom is 0.146 e. The minimum absolute atomic E-state index is 0.500. The van der Waals surface area contributed by atoms with Crippen molar-refractivity contribution in [3.05, 3.63) is 33.7 Å². The lowest BCUT2D eigenvalue weighted by atomic mass is 10.1. The lowest BCUT2D eigenvalue weighted by Crippen LogP contribution is -2.23. The summed E-state index contributed by atoms with van der Waals surface area (Å²) >= 11 is 5.60. The number of rotatable bonds is 2. The fourth-order valence-corrected chi connectivity index (χ4v) is 2.14. The first-order valence-corrected chi connectivity index (χ1v) is 6.14. The molecule has 0 aromatic carbocycles. The molecule has 1 saturated heterocycles. The van der Waals surface area contributed by atoms with Crippen LogP contribution in [0.4, 0.5) is 0 Å². The Hall–Kier alpha value is -0.570. The first-order chi connectivity index (χ1) is 7.81. The van der Waals surface area contributed by atoms with Gasteiger partial charge in [-0.1, -0.05) is 37.1 Å². The molecule has 2 nitrogen and oxygen atoms in total. The molecule has 3 aliphatic rings. The zero-order valence-electron chi connectivity index (χ0n) is 9.54. The molecule has 3 rings (SSSR count). The monoisotopic (exact) mass is 240 g/mol. The van der Waals surface area contributed by atoms with Gasteiger partial charge in [0.15, 0.2) is 0 Å². The van der Waals surface area contributed by atoms with Crippen molar-refractivity contribution in [2.45, 2.75) is 19.8 Å². The van der Waals surface area contributed by atoms with Crippen molar-refractivity contribution >= 4 is 11.6 Å². The van der Waals surface area contributed by atoms with E-state index >= 15 is 0 Å². The highest BCUT2D eigenvalue weighted by Gasteiger charge is 2.11. The molecule has 1 heterocycles. The molecule has 0 saturated carbocycles. The van der Waals surface area contributed by atoms with Crippen molar-refractivity contribution in [1.82, 2.24) is 0 Å². The molecule has 0 amide bonds. The number of hydrogen-bond acceptors (Lipinski definition) is 2. The maximum atomic E-state index is 5.60. The maximum absolute atomic E-state index is 5.60. The van der Waals surface area contributed by atoms with E-state index in [2.05, 4.69) is 13.0 Å². The first-order valence-electron chi connectivity index (χ1n) is 5.76. The Bertz CT molecular complexity index is 421. The Labute approximate surface area is 101 Å². The van der Waals surface area contributed by atoms with Gasteiger partial charge in [-0.3, -0.25) is 0 Å². The third kappa shape index (κ3) is 2.76. The second-order valence-corrected chi connectivity index (χ2v) is 4.62. The van der Waals surface area contributed by atoms with Gasteiger partial charge >= 0.3 is 0 Å². The molecule has 0 aromatic heterocycles. The van der Waals surface area contributed by atoms with Crippen molar-refractivity contribution in [2.24, 2.45) is 5.92 Å². The molecule has 2 aliphatic carbocycles. The normalized spacial score (nSPS) is 17.6. The Kier molecular flexibility index (Phi) is 4.22. The van der Waals surface area contributed by atoms with Gasteiger partial charge in [-0.25, -0.2) is 0 Å². The number of benzene rings is 1. The van der Waals surface area contributed by atoms with Crippen LogP contribution in [0, 0.1) is 16.4 Å². The van der Waals surface area contributed by atoms with Gasteiger partial charge < -0.3 is 9.47 Å². The Balaban J connectivity index is 0.000000123. The van der Waals surface area contributed by atoms with Crippen LogP contribution in [0.1, 0.15) is 19.8 Å². The zero-order valence-corrected chi connectivity index (χ0v) is 10.3. The van der Waals surface area contributed by atoms with Crippen LogP contribution in [0.3, 0.4) is 0 Å². The van der Waals surface area contributed by atoms with Crippen molar-refractivity contribution < 1.29 is 9.47 Å². The van der Waals surface area contributed by atoms with E-state index in [9.17, 15) is 0 Å². The van der Waals surface area contributed by atoms with Gasteiger partial charge in [0.2, 0.25) is 0 Å². The molecule has 0 bridgehead atoms. The number of hydrogen-bond donors (Lipinski definition) is 0. The average molecular weight is 241 g/mol. The topological polar surface area (TPSA) is 18.5 Å². The summed E-state index contributed by atoms with van der Waals surface area (Å²) in [5.74, 6) is 0.656. The average Bonchev–Trinajstić information content (AvgIpc) is 2.28. The Morgan fingerprint density at radius 3 is 2.38 bits per heavy atom. The van der Waals surface area contributed by atoms with Crippen LogP contribution in [0.25, 0.3) is 0 Å².